The van der Waals surface area contributed by atoms with Gasteiger partial charge in [-0.2, -0.15) is 0 Å². The van der Waals surface area contributed by atoms with Crippen LogP contribution in [0.2, 0.25) is 0 Å². The second-order valence-electron chi connectivity index (χ2n) is 9.62. The molecule has 9 heteroatoms. The molecule has 1 fully saturated rings. The van der Waals surface area contributed by atoms with Crippen LogP contribution >= 0.6 is 0 Å². The first-order chi connectivity index (χ1) is 17.7. The van der Waals surface area contributed by atoms with Crippen molar-refractivity contribution < 1.29 is 14.6 Å². The smallest absolute Gasteiger partial charge is 0.328 e. The van der Waals surface area contributed by atoms with Gasteiger partial charge >= 0.3 is 5.97 Å². The highest BCUT2D eigenvalue weighted by molar-refractivity contribution is 5.90. The van der Waals surface area contributed by atoms with Gasteiger partial charge in [0.2, 0.25) is 0 Å². The number of hydrogen-bond acceptors (Lipinski definition) is 8. The summed E-state index contributed by atoms with van der Waals surface area (Å²) < 4.78 is 6.10. The molecule has 0 radical (unpaired) electrons. The second-order valence-corrected chi connectivity index (χ2v) is 9.62. The van der Waals surface area contributed by atoms with Crippen molar-refractivity contribution in [3.05, 3.63) is 54.0 Å². The quantitative estimate of drug-likeness (QED) is 0.394. The van der Waals surface area contributed by atoms with Crippen LogP contribution in [0.4, 0.5) is 11.6 Å². The van der Waals surface area contributed by atoms with E-state index in [4.69, 9.17) is 9.72 Å². The molecule has 9 nitrogen and oxygen atoms in total. The topological polar surface area (TPSA) is 112 Å². The van der Waals surface area contributed by atoms with Crippen LogP contribution in [-0.4, -0.2) is 75.9 Å². The molecule has 0 saturated carbocycles. The Hall–Kier alpha value is -3.30. The van der Waals surface area contributed by atoms with Crippen LogP contribution in [0.15, 0.2) is 42.7 Å². The minimum atomic E-state index is -0.961. The van der Waals surface area contributed by atoms with E-state index in [1.165, 1.54) is 18.3 Å². The van der Waals surface area contributed by atoms with E-state index in [9.17, 15) is 9.90 Å². The number of benzene rings is 1. The van der Waals surface area contributed by atoms with E-state index in [0.717, 1.165) is 80.7 Å². The first-order valence-corrected chi connectivity index (χ1v) is 12.9. The van der Waals surface area contributed by atoms with Gasteiger partial charge in [0.05, 0.1) is 18.2 Å². The highest BCUT2D eigenvalue weighted by Gasteiger charge is 2.25. The molecule has 2 atom stereocenters. The number of nitrogens with zero attached hydrogens (tertiary/aromatic N) is 4. The van der Waals surface area contributed by atoms with Gasteiger partial charge < -0.3 is 25.4 Å². The third kappa shape index (κ3) is 6.09. The summed E-state index contributed by atoms with van der Waals surface area (Å²) in [6.45, 7) is 3.94. The van der Waals surface area contributed by atoms with Crippen molar-refractivity contribution >= 4 is 28.5 Å². The average molecular weight is 491 g/mol. The number of ether oxygens (including phenoxy) is 1. The van der Waals surface area contributed by atoms with Crippen LogP contribution in [0.1, 0.15) is 36.9 Å². The number of aromatic nitrogens is 3. The number of carboxylic acid groups (broad SMARTS) is 1. The molecule has 0 amide bonds. The number of carboxylic acids is 1. The van der Waals surface area contributed by atoms with E-state index in [0.29, 0.717) is 5.82 Å². The number of aliphatic carboxylic acids is 1. The summed E-state index contributed by atoms with van der Waals surface area (Å²) in [5, 5.41) is 17.0. The van der Waals surface area contributed by atoms with Gasteiger partial charge in [0, 0.05) is 24.2 Å². The highest BCUT2D eigenvalue weighted by atomic mass is 16.5. The van der Waals surface area contributed by atoms with Crippen molar-refractivity contribution in [3.63, 3.8) is 0 Å². The monoisotopic (exact) mass is 490 g/mol. The number of carbonyl (C=O) groups is 1. The maximum atomic E-state index is 11.9. The lowest BCUT2D eigenvalue weighted by molar-refractivity contribution is -0.140. The van der Waals surface area contributed by atoms with Crippen LogP contribution in [-0.2, 0) is 22.4 Å². The summed E-state index contributed by atoms with van der Waals surface area (Å²) in [5.74, 6) is 0.604. The predicted molar refractivity (Wildman–Crippen MR) is 139 cm³/mol. The van der Waals surface area contributed by atoms with Crippen molar-refractivity contribution in [1.29, 1.82) is 0 Å². The van der Waals surface area contributed by atoms with Crippen molar-refractivity contribution in [2.45, 2.75) is 50.7 Å². The fraction of sp³-hybridized carbons (Fsp3) is 0.481. The molecule has 2 aliphatic heterocycles. The van der Waals surface area contributed by atoms with Crippen molar-refractivity contribution in [2.24, 2.45) is 0 Å². The summed E-state index contributed by atoms with van der Waals surface area (Å²) in [6.07, 6.45) is 7.74. The Labute approximate surface area is 211 Å². The number of anilines is 2. The van der Waals surface area contributed by atoms with Gasteiger partial charge in [-0.25, -0.2) is 19.7 Å². The van der Waals surface area contributed by atoms with Gasteiger partial charge in [0.25, 0.3) is 0 Å². The Morgan fingerprint density at radius 2 is 2.14 bits per heavy atom. The molecule has 2 aliphatic rings. The lowest BCUT2D eigenvalue weighted by Gasteiger charge is -2.33. The Morgan fingerprint density at radius 3 is 3.06 bits per heavy atom. The number of nitrogens with one attached hydrogen (secondary N) is 2. The third-order valence-electron chi connectivity index (χ3n) is 6.97. The van der Waals surface area contributed by atoms with Crippen LogP contribution in [0.25, 0.3) is 10.9 Å². The standard InChI is InChI=1S/C27H34N6O3/c34-27(35)24(32-26-22-9-1-2-10-23(22)29-18-30-26)17-36-21-8-5-15-33(16-21)14-4-7-20-12-11-19-6-3-13-28-25(19)31-20/h1-2,9-12,18,21,24H,3-8,13-17H2,(H,28,31)(H,34,35)(H,29,30,32)/t21-,24-/m1/s1. The Kier molecular flexibility index (Phi) is 7.88. The van der Waals surface area contributed by atoms with Gasteiger partial charge in [-0.05, 0) is 75.4 Å². The van der Waals surface area contributed by atoms with Gasteiger partial charge in [-0.1, -0.05) is 18.2 Å². The molecular formula is C27H34N6O3. The van der Waals surface area contributed by atoms with Gasteiger partial charge in [0.1, 0.15) is 24.0 Å². The van der Waals surface area contributed by atoms with E-state index < -0.39 is 12.0 Å². The maximum Gasteiger partial charge on any atom is 0.328 e. The number of rotatable bonds is 10. The highest BCUT2D eigenvalue weighted by Crippen LogP contribution is 2.22. The molecule has 5 rings (SSSR count). The van der Waals surface area contributed by atoms with Crippen molar-refractivity contribution in [2.75, 3.05) is 43.4 Å². The number of aryl methyl sites for hydroxylation is 2. The molecule has 3 N–H and O–H groups in total. The Bertz CT molecular complexity index is 1180. The Balaban J connectivity index is 1.10. The molecule has 0 spiro atoms. The molecule has 1 saturated heterocycles. The molecular weight excluding hydrogens is 456 g/mol. The van der Waals surface area contributed by atoms with E-state index in [1.54, 1.807) is 0 Å². The number of piperidine rings is 1. The number of hydrogen-bond donors (Lipinski definition) is 3. The average Bonchev–Trinajstić information content (AvgIpc) is 2.91. The lowest BCUT2D eigenvalue weighted by Crippen LogP contribution is -2.43. The molecule has 3 aromatic rings. The van der Waals surface area contributed by atoms with Crippen LogP contribution in [0.3, 0.4) is 0 Å². The molecule has 0 unspecified atom stereocenters. The molecule has 2 aromatic heterocycles. The summed E-state index contributed by atoms with van der Waals surface area (Å²) in [5.41, 5.74) is 3.23. The zero-order valence-electron chi connectivity index (χ0n) is 20.5. The minimum absolute atomic E-state index is 0.0237. The zero-order valence-corrected chi connectivity index (χ0v) is 20.5. The van der Waals surface area contributed by atoms with E-state index >= 15 is 0 Å². The number of likely N-dealkylation sites (tertiary alicyclic amines) is 1. The first-order valence-electron chi connectivity index (χ1n) is 12.9. The van der Waals surface area contributed by atoms with Gasteiger partial charge in [-0.15, -0.1) is 0 Å². The molecule has 4 heterocycles. The van der Waals surface area contributed by atoms with Gasteiger partial charge in [-0.3, -0.25) is 0 Å². The fourth-order valence-electron chi connectivity index (χ4n) is 5.04. The SMILES string of the molecule is O=C(O)[C@@H](CO[C@@H]1CCCN(CCCc2ccc3c(n2)NCCC3)C1)Nc1ncnc2ccccc12. The van der Waals surface area contributed by atoms with Crippen molar-refractivity contribution in [1.82, 2.24) is 19.9 Å². The van der Waals surface area contributed by atoms with Crippen LogP contribution in [0, 0.1) is 0 Å². The summed E-state index contributed by atoms with van der Waals surface area (Å²) in [6, 6.07) is 11.0. The maximum absolute atomic E-state index is 11.9. The third-order valence-corrected chi connectivity index (χ3v) is 6.97. The van der Waals surface area contributed by atoms with Crippen LogP contribution in [0.5, 0.6) is 0 Å². The summed E-state index contributed by atoms with van der Waals surface area (Å²) in [4.78, 5) is 27.7. The van der Waals surface area contributed by atoms with E-state index in [2.05, 4.69) is 37.6 Å². The molecule has 36 heavy (non-hydrogen) atoms. The number of pyridine rings is 1. The predicted octanol–water partition coefficient (Wildman–Crippen LogP) is 3.36. The summed E-state index contributed by atoms with van der Waals surface area (Å²) in [7, 11) is 0. The van der Waals surface area contributed by atoms with E-state index in [1.807, 2.05) is 24.3 Å². The second kappa shape index (κ2) is 11.6. The Morgan fingerprint density at radius 1 is 1.22 bits per heavy atom. The molecule has 0 aliphatic carbocycles. The lowest BCUT2D eigenvalue weighted by atomic mass is 10.1. The molecule has 1 aromatic carbocycles. The van der Waals surface area contributed by atoms with Crippen LogP contribution < -0.4 is 10.6 Å². The summed E-state index contributed by atoms with van der Waals surface area (Å²) >= 11 is 0. The minimum Gasteiger partial charge on any atom is -0.480 e. The van der Waals surface area contributed by atoms with Crippen molar-refractivity contribution in [3.8, 4) is 0 Å². The number of fused-ring (bicyclic) bond motifs is 2. The number of para-hydroxylation sites is 1. The first kappa shape index (κ1) is 24.4. The zero-order chi connectivity index (χ0) is 24.7. The van der Waals surface area contributed by atoms with E-state index in [-0.39, 0.29) is 12.7 Å². The molecule has 0 bridgehead atoms. The van der Waals surface area contributed by atoms with Gasteiger partial charge in [0.15, 0.2) is 0 Å². The fourth-order valence-corrected chi connectivity index (χ4v) is 5.04. The largest absolute Gasteiger partial charge is 0.480 e. The normalized spacial score (nSPS) is 18.8. The molecule has 190 valence electrons.